The molecule has 7 heteroatoms. The molecule has 0 saturated carbocycles. The molecule has 0 aliphatic heterocycles. The minimum atomic E-state index is -0.383. The Morgan fingerprint density at radius 2 is 1.96 bits per heavy atom. The molecule has 2 heterocycles. The first-order valence-corrected chi connectivity index (χ1v) is 8.69. The number of hydrogen-bond donors (Lipinski definition) is 1. The zero-order valence-electron chi connectivity index (χ0n) is 13.7. The van der Waals surface area contributed by atoms with Crippen LogP contribution in [0.2, 0.25) is 5.02 Å². The molecule has 134 valence electrons. The van der Waals surface area contributed by atoms with Crippen LogP contribution in [0, 0.1) is 5.82 Å². The lowest BCUT2D eigenvalue weighted by atomic mass is 10.1. The summed E-state index contributed by atoms with van der Waals surface area (Å²) in [5, 5.41) is 1.04. The molecule has 4 nitrogen and oxygen atoms in total. The third kappa shape index (κ3) is 3.52. The lowest BCUT2D eigenvalue weighted by molar-refractivity contribution is 0.561. The first-order valence-electron chi connectivity index (χ1n) is 7.93. The van der Waals surface area contributed by atoms with Crippen molar-refractivity contribution in [2.45, 2.75) is 0 Å². The largest absolute Gasteiger partial charge is 0.457 e. The first kappa shape index (κ1) is 17.5. The maximum atomic E-state index is 13.9. The lowest BCUT2D eigenvalue weighted by Gasteiger charge is -2.02. The van der Waals surface area contributed by atoms with E-state index in [9.17, 15) is 9.18 Å². The number of rotatable bonds is 3. The molecule has 0 atom stereocenters. The summed E-state index contributed by atoms with van der Waals surface area (Å²) < 4.78 is 19.5. The standard InChI is InChI=1S/C20H11Cl2FN2O2/c21-11-5-7-14-17(9-11)24-19(25-20(14)26)15(22)10-12-6-8-18(27-12)13-3-1-2-4-16(13)23/h1-10H,(H,24,25,26)/b15-10-. The van der Waals surface area contributed by atoms with Crippen LogP contribution in [0.5, 0.6) is 0 Å². The fourth-order valence-electron chi connectivity index (χ4n) is 2.66. The average molecular weight is 401 g/mol. The van der Waals surface area contributed by atoms with E-state index >= 15 is 0 Å². The van der Waals surface area contributed by atoms with Crippen LogP contribution in [-0.4, -0.2) is 9.97 Å². The van der Waals surface area contributed by atoms with Gasteiger partial charge in [-0.2, -0.15) is 0 Å². The second-order valence-corrected chi connectivity index (χ2v) is 6.59. The number of furan rings is 1. The molecule has 0 aliphatic rings. The second-order valence-electron chi connectivity index (χ2n) is 5.75. The van der Waals surface area contributed by atoms with Gasteiger partial charge in [0.25, 0.3) is 5.56 Å². The molecule has 2 aromatic heterocycles. The molecule has 27 heavy (non-hydrogen) atoms. The Morgan fingerprint density at radius 1 is 1.15 bits per heavy atom. The Hall–Kier alpha value is -2.89. The molecule has 0 unspecified atom stereocenters. The van der Waals surface area contributed by atoms with E-state index in [0.29, 0.717) is 33.0 Å². The highest BCUT2D eigenvalue weighted by Gasteiger charge is 2.11. The first-order chi connectivity index (χ1) is 13.0. The lowest BCUT2D eigenvalue weighted by Crippen LogP contribution is -2.10. The van der Waals surface area contributed by atoms with Gasteiger partial charge in [-0.15, -0.1) is 0 Å². The van der Waals surface area contributed by atoms with Gasteiger partial charge in [0.1, 0.15) is 17.3 Å². The molecule has 0 spiro atoms. The van der Waals surface area contributed by atoms with Crippen molar-refractivity contribution in [2.24, 2.45) is 0 Å². The Balaban J connectivity index is 1.72. The predicted octanol–water partition coefficient (Wildman–Crippen LogP) is 5.71. The van der Waals surface area contributed by atoms with E-state index in [1.165, 1.54) is 12.1 Å². The average Bonchev–Trinajstić information content (AvgIpc) is 3.09. The van der Waals surface area contributed by atoms with Crippen molar-refractivity contribution in [3.05, 3.63) is 87.4 Å². The number of benzene rings is 2. The SMILES string of the molecule is O=c1[nH]c(/C(Cl)=C/c2ccc(-c3ccccc3F)o2)nc2cc(Cl)ccc12. The quantitative estimate of drug-likeness (QED) is 0.478. The van der Waals surface area contributed by atoms with Crippen LogP contribution >= 0.6 is 23.2 Å². The van der Waals surface area contributed by atoms with Crippen LogP contribution in [-0.2, 0) is 0 Å². The molecule has 0 fully saturated rings. The number of hydrogen-bond acceptors (Lipinski definition) is 3. The summed E-state index contributed by atoms with van der Waals surface area (Å²) in [5.41, 5.74) is 0.448. The van der Waals surface area contributed by atoms with E-state index in [1.54, 1.807) is 48.5 Å². The van der Waals surface area contributed by atoms with Gasteiger partial charge in [-0.25, -0.2) is 9.37 Å². The van der Waals surface area contributed by atoms with Crippen molar-refractivity contribution in [3.63, 3.8) is 0 Å². The molecular formula is C20H11Cl2FN2O2. The van der Waals surface area contributed by atoms with E-state index in [1.807, 2.05) is 0 Å². The molecule has 4 aromatic rings. The summed E-state index contributed by atoms with van der Waals surface area (Å²) in [4.78, 5) is 19.2. The number of H-pyrrole nitrogens is 1. The van der Waals surface area contributed by atoms with Gasteiger partial charge >= 0.3 is 0 Å². The van der Waals surface area contributed by atoms with Crippen LogP contribution < -0.4 is 5.56 Å². The molecule has 2 aromatic carbocycles. The third-order valence-corrected chi connectivity index (χ3v) is 4.45. The minimum absolute atomic E-state index is 0.170. The van der Waals surface area contributed by atoms with Crippen LogP contribution in [0.25, 0.3) is 33.3 Å². The number of nitrogens with one attached hydrogen (secondary N) is 1. The summed E-state index contributed by atoms with van der Waals surface area (Å²) in [7, 11) is 0. The van der Waals surface area contributed by atoms with Gasteiger partial charge in [0.2, 0.25) is 0 Å². The van der Waals surface area contributed by atoms with Crippen molar-refractivity contribution in [2.75, 3.05) is 0 Å². The Bertz CT molecular complexity index is 1240. The summed E-state index contributed by atoms with van der Waals surface area (Å²) in [5.74, 6) is 0.564. The Kier molecular flexibility index (Phi) is 4.56. The zero-order valence-corrected chi connectivity index (χ0v) is 15.2. The number of aromatic amines is 1. The van der Waals surface area contributed by atoms with Crippen molar-refractivity contribution in [1.82, 2.24) is 9.97 Å². The van der Waals surface area contributed by atoms with E-state index in [4.69, 9.17) is 27.6 Å². The van der Waals surface area contributed by atoms with E-state index < -0.39 is 0 Å². The van der Waals surface area contributed by atoms with E-state index in [2.05, 4.69) is 9.97 Å². The molecule has 0 amide bonds. The number of fused-ring (bicyclic) bond motifs is 1. The molecule has 4 rings (SSSR count). The van der Waals surface area contributed by atoms with Crippen LogP contribution in [0.15, 0.2) is 63.8 Å². The fraction of sp³-hybridized carbons (Fsp3) is 0. The minimum Gasteiger partial charge on any atom is -0.457 e. The predicted molar refractivity (Wildman–Crippen MR) is 105 cm³/mol. The van der Waals surface area contributed by atoms with Gasteiger partial charge in [-0.05, 0) is 42.5 Å². The molecule has 0 bridgehead atoms. The number of nitrogens with zero attached hydrogens (tertiary/aromatic N) is 1. The maximum absolute atomic E-state index is 13.9. The molecule has 0 aliphatic carbocycles. The van der Waals surface area contributed by atoms with Crippen LogP contribution in [0.4, 0.5) is 4.39 Å². The Morgan fingerprint density at radius 3 is 2.78 bits per heavy atom. The van der Waals surface area contributed by atoms with Gasteiger partial charge < -0.3 is 9.40 Å². The summed E-state index contributed by atoms with van der Waals surface area (Å²) in [6, 6.07) is 14.4. The number of aromatic nitrogens is 2. The smallest absolute Gasteiger partial charge is 0.259 e. The molecule has 1 N–H and O–H groups in total. The molecular weight excluding hydrogens is 390 g/mol. The van der Waals surface area contributed by atoms with Gasteiger partial charge in [0.05, 0.1) is 21.5 Å². The highest BCUT2D eigenvalue weighted by atomic mass is 35.5. The van der Waals surface area contributed by atoms with Crippen molar-refractivity contribution >= 4 is 45.2 Å². The summed E-state index contributed by atoms with van der Waals surface area (Å²) >= 11 is 12.3. The summed E-state index contributed by atoms with van der Waals surface area (Å²) in [6.45, 7) is 0. The van der Waals surface area contributed by atoms with Gasteiger partial charge in [0.15, 0.2) is 5.82 Å². The monoisotopic (exact) mass is 400 g/mol. The molecule has 0 saturated heterocycles. The van der Waals surface area contributed by atoms with Crippen molar-refractivity contribution in [3.8, 4) is 11.3 Å². The van der Waals surface area contributed by atoms with Gasteiger partial charge in [-0.3, -0.25) is 4.79 Å². The van der Waals surface area contributed by atoms with E-state index in [-0.39, 0.29) is 22.2 Å². The third-order valence-electron chi connectivity index (χ3n) is 3.93. The van der Waals surface area contributed by atoms with Crippen LogP contribution in [0.1, 0.15) is 11.6 Å². The second kappa shape index (κ2) is 7.02. The van der Waals surface area contributed by atoms with E-state index in [0.717, 1.165) is 0 Å². The van der Waals surface area contributed by atoms with Crippen molar-refractivity contribution in [1.29, 1.82) is 0 Å². The van der Waals surface area contributed by atoms with Crippen molar-refractivity contribution < 1.29 is 8.81 Å². The van der Waals surface area contributed by atoms with Gasteiger partial charge in [0, 0.05) is 11.1 Å². The Labute approximate surface area is 162 Å². The zero-order chi connectivity index (χ0) is 19.0. The maximum Gasteiger partial charge on any atom is 0.259 e. The number of halogens is 3. The highest BCUT2D eigenvalue weighted by Crippen LogP contribution is 2.27. The highest BCUT2D eigenvalue weighted by molar-refractivity contribution is 6.50. The van der Waals surface area contributed by atoms with Gasteiger partial charge in [-0.1, -0.05) is 35.3 Å². The normalized spacial score (nSPS) is 11.9. The van der Waals surface area contributed by atoms with Crippen LogP contribution in [0.3, 0.4) is 0 Å². The fourth-order valence-corrected chi connectivity index (χ4v) is 3.02. The molecule has 0 radical (unpaired) electrons. The topological polar surface area (TPSA) is 58.9 Å². The summed E-state index contributed by atoms with van der Waals surface area (Å²) in [6.07, 6.45) is 1.50.